The second-order valence-electron chi connectivity index (χ2n) is 9.63. The Morgan fingerprint density at radius 3 is 2.35 bits per heavy atom. The number of carbonyl (C=O) groups is 3. The van der Waals surface area contributed by atoms with Crippen molar-refractivity contribution >= 4 is 58.1 Å². The molecule has 1 aliphatic rings. The number of carbonyl (C=O) groups excluding carboxylic acids is 3. The standard InChI is InChI=1S/C30H25ClF4N4O8S/c1-4-45-25(41)14-38-27(43)22(10-16-8-6-7-9-21(16)47-15-26(42)46-5-2)48-28(38)36-19-12-20(18(32)11-17(19)31)39-24(40)13-23(30(33,34)35)37(3)29(39)44/h6-13H,4-5,14-15H2,1-3H3. The number of aromatic nitrogens is 2. The first-order valence-electron chi connectivity index (χ1n) is 13.9. The maximum Gasteiger partial charge on any atom is 0.431 e. The van der Waals surface area contributed by atoms with Crippen LogP contribution >= 0.6 is 23.4 Å². The minimum Gasteiger partial charge on any atom is -0.481 e. The summed E-state index contributed by atoms with van der Waals surface area (Å²) < 4.78 is 70.9. The van der Waals surface area contributed by atoms with Crippen molar-refractivity contribution in [1.82, 2.24) is 14.0 Å². The third kappa shape index (κ3) is 7.96. The van der Waals surface area contributed by atoms with E-state index < -0.39 is 65.6 Å². The zero-order valence-electron chi connectivity index (χ0n) is 25.3. The van der Waals surface area contributed by atoms with Crippen LogP contribution in [0, 0.1) is 5.82 Å². The number of ether oxygens (including phenoxy) is 3. The summed E-state index contributed by atoms with van der Waals surface area (Å²) in [5, 5.41) is -0.517. The molecule has 0 N–H and O–H groups in total. The molecule has 3 aromatic rings. The Kier molecular flexibility index (Phi) is 11.2. The number of hydrogen-bond acceptors (Lipinski definition) is 10. The lowest BCUT2D eigenvalue weighted by atomic mass is 10.2. The molecule has 0 aliphatic carbocycles. The third-order valence-corrected chi connectivity index (χ3v) is 7.73. The number of alkyl halides is 3. The van der Waals surface area contributed by atoms with Crippen LogP contribution in [0.3, 0.4) is 0 Å². The molecule has 1 amide bonds. The molecule has 1 aliphatic heterocycles. The monoisotopic (exact) mass is 712 g/mol. The van der Waals surface area contributed by atoms with E-state index in [9.17, 15) is 37.1 Å². The van der Waals surface area contributed by atoms with Gasteiger partial charge in [0.15, 0.2) is 11.8 Å². The highest BCUT2D eigenvalue weighted by Crippen LogP contribution is 2.38. The molecule has 4 rings (SSSR count). The molecule has 0 radical (unpaired) electrons. The lowest BCUT2D eigenvalue weighted by molar-refractivity contribution is -0.146. The zero-order valence-corrected chi connectivity index (χ0v) is 26.9. The van der Waals surface area contributed by atoms with Gasteiger partial charge in [0.1, 0.15) is 23.8 Å². The highest BCUT2D eigenvalue weighted by molar-refractivity contribution is 8.18. The Labute approximate surface area is 278 Å². The highest BCUT2D eigenvalue weighted by atomic mass is 35.5. The summed E-state index contributed by atoms with van der Waals surface area (Å²) in [6, 6.07) is 8.09. The van der Waals surface area contributed by atoms with Gasteiger partial charge in [-0.2, -0.15) is 13.2 Å². The number of nitrogens with zero attached hydrogens (tertiary/aromatic N) is 4. The molecule has 1 fully saturated rings. The maximum absolute atomic E-state index is 15.1. The Morgan fingerprint density at radius 2 is 1.69 bits per heavy atom. The van der Waals surface area contributed by atoms with Crippen LogP contribution < -0.4 is 16.0 Å². The number of benzene rings is 2. The van der Waals surface area contributed by atoms with Crippen LogP contribution in [0.25, 0.3) is 11.8 Å². The third-order valence-electron chi connectivity index (χ3n) is 6.42. The number of esters is 2. The normalized spacial score (nSPS) is 14.9. The summed E-state index contributed by atoms with van der Waals surface area (Å²) in [5.74, 6) is -3.14. The molecule has 0 saturated carbocycles. The Balaban J connectivity index is 1.80. The van der Waals surface area contributed by atoms with Gasteiger partial charge in [-0.25, -0.2) is 23.5 Å². The number of para-hydroxylation sites is 1. The van der Waals surface area contributed by atoms with E-state index in [4.69, 9.17) is 25.8 Å². The second-order valence-corrected chi connectivity index (χ2v) is 11.0. The van der Waals surface area contributed by atoms with Gasteiger partial charge in [0.05, 0.1) is 34.5 Å². The Morgan fingerprint density at radius 1 is 1.02 bits per heavy atom. The van der Waals surface area contributed by atoms with E-state index in [1.54, 1.807) is 38.1 Å². The lowest BCUT2D eigenvalue weighted by Gasteiger charge is -2.16. The number of rotatable bonds is 10. The predicted molar refractivity (Wildman–Crippen MR) is 167 cm³/mol. The van der Waals surface area contributed by atoms with Crippen LogP contribution in [0.15, 0.2) is 62.0 Å². The van der Waals surface area contributed by atoms with E-state index in [1.807, 2.05) is 0 Å². The number of amidine groups is 1. The van der Waals surface area contributed by atoms with E-state index in [0.29, 0.717) is 11.6 Å². The van der Waals surface area contributed by atoms with Crippen molar-refractivity contribution in [2.75, 3.05) is 26.4 Å². The molecule has 0 bridgehead atoms. The molecule has 0 unspecified atom stereocenters. The van der Waals surface area contributed by atoms with Crippen LogP contribution in [0.1, 0.15) is 25.1 Å². The average molecular weight is 713 g/mol. The van der Waals surface area contributed by atoms with Crippen molar-refractivity contribution < 1.29 is 46.2 Å². The lowest BCUT2D eigenvalue weighted by Crippen LogP contribution is -2.41. The number of aliphatic imine (C=N–C) groups is 1. The first-order valence-corrected chi connectivity index (χ1v) is 15.1. The van der Waals surface area contributed by atoms with Crippen molar-refractivity contribution in [3.05, 3.63) is 90.3 Å². The zero-order chi connectivity index (χ0) is 35.3. The molecule has 18 heteroatoms. The number of thioether (sulfide) groups is 1. The summed E-state index contributed by atoms with van der Waals surface area (Å²) in [5.41, 5.74) is -5.23. The molecule has 48 heavy (non-hydrogen) atoms. The van der Waals surface area contributed by atoms with Crippen molar-refractivity contribution in [1.29, 1.82) is 0 Å². The van der Waals surface area contributed by atoms with E-state index in [1.165, 1.54) is 6.08 Å². The van der Waals surface area contributed by atoms with Gasteiger partial charge in [-0.15, -0.1) is 0 Å². The van der Waals surface area contributed by atoms with Gasteiger partial charge < -0.3 is 14.2 Å². The van der Waals surface area contributed by atoms with Crippen molar-refractivity contribution in [3.63, 3.8) is 0 Å². The fourth-order valence-corrected chi connectivity index (χ4v) is 5.46. The van der Waals surface area contributed by atoms with Gasteiger partial charge in [0.25, 0.3) is 11.5 Å². The van der Waals surface area contributed by atoms with Gasteiger partial charge in [-0.3, -0.25) is 23.9 Å². The van der Waals surface area contributed by atoms with Gasteiger partial charge in [0, 0.05) is 18.7 Å². The summed E-state index contributed by atoms with van der Waals surface area (Å²) in [6.45, 7) is 2.32. The molecule has 12 nitrogen and oxygen atoms in total. The molecule has 0 atom stereocenters. The molecular weight excluding hydrogens is 688 g/mol. The van der Waals surface area contributed by atoms with Gasteiger partial charge in [-0.05, 0) is 49.9 Å². The largest absolute Gasteiger partial charge is 0.481 e. The van der Waals surface area contributed by atoms with Crippen LogP contribution in [0.5, 0.6) is 5.75 Å². The minimum absolute atomic E-state index is 0.00164. The first kappa shape index (κ1) is 35.9. The quantitative estimate of drug-likeness (QED) is 0.170. The van der Waals surface area contributed by atoms with Gasteiger partial charge >= 0.3 is 23.8 Å². The van der Waals surface area contributed by atoms with E-state index in [0.717, 1.165) is 29.8 Å². The number of amides is 1. The summed E-state index contributed by atoms with van der Waals surface area (Å²) >= 11 is 7.00. The predicted octanol–water partition coefficient (Wildman–Crippen LogP) is 4.46. The molecule has 254 valence electrons. The van der Waals surface area contributed by atoms with Crippen molar-refractivity contribution in [2.45, 2.75) is 20.0 Å². The molecule has 1 aromatic heterocycles. The number of halogens is 5. The minimum atomic E-state index is -5.05. The van der Waals surface area contributed by atoms with Crippen molar-refractivity contribution in [2.24, 2.45) is 12.0 Å². The Bertz CT molecular complexity index is 1960. The van der Waals surface area contributed by atoms with Crippen LogP contribution in [-0.4, -0.2) is 63.4 Å². The SMILES string of the molecule is CCOC(=O)COc1ccccc1C=C1SC(=Nc2cc(-n3c(=O)cc(C(F)(F)F)n(C)c3=O)c(F)cc2Cl)N(CC(=O)OCC)C1=O. The van der Waals surface area contributed by atoms with Gasteiger partial charge in [-0.1, -0.05) is 29.8 Å². The summed E-state index contributed by atoms with van der Waals surface area (Å²) in [4.78, 5) is 68.5. The summed E-state index contributed by atoms with van der Waals surface area (Å²) in [7, 11) is 0.762. The summed E-state index contributed by atoms with van der Waals surface area (Å²) in [6.07, 6.45) is -3.63. The second kappa shape index (κ2) is 14.9. The van der Waals surface area contributed by atoms with E-state index in [2.05, 4.69) is 4.99 Å². The van der Waals surface area contributed by atoms with Crippen molar-refractivity contribution in [3.8, 4) is 11.4 Å². The first-order chi connectivity index (χ1) is 22.7. The van der Waals surface area contributed by atoms with Crippen LogP contribution in [0.2, 0.25) is 5.02 Å². The maximum atomic E-state index is 15.1. The Hall–Kier alpha value is -4.90. The van der Waals surface area contributed by atoms with E-state index in [-0.39, 0.29) is 54.9 Å². The molecule has 1 saturated heterocycles. The average Bonchev–Trinajstić information content (AvgIpc) is 3.29. The van der Waals surface area contributed by atoms with Crippen LogP contribution in [-0.2, 0) is 37.1 Å². The fourth-order valence-electron chi connectivity index (χ4n) is 4.28. The number of hydrogen-bond donors (Lipinski definition) is 0. The fraction of sp³-hybridized carbons (Fsp3) is 0.267. The van der Waals surface area contributed by atoms with Crippen LogP contribution in [0.4, 0.5) is 23.2 Å². The molecular formula is C30H25ClF4N4O8S. The topological polar surface area (TPSA) is 138 Å². The molecule has 2 heterocycles. The molecule has 2 aromatic carbocycles. The smallest absolute Gasteiger partial charge is 0.431 e. The van der Waals surface area contributed by atoms with Gasteiger partial charge in [0.2, 0.25) is 0 Å². The highest BCUT2D eigenvalue weighted by Gasteiger charge is 2.37. The molecule has 0 spiro atoms. The van der Waals surface area contributed by atoms with E-state index >= 15 is 4.39 Å².